The number of hydrogen-bond acceptors (Lipinski definition) is 4. The first-order chi connectivity index (χ1) is 10.5. The first kappa shape index (κ1) is 16.6. The fraction of sp³-hybridized carbons (Fsp3) is 0.214. The predicted molar refractivity (Wildman–Crippen MR) is 82.6 cm³/mol. The second-order valence-electron chi connectivity index (χ2n) is 4.45. The molecule has 2 rings (SSSR count). The van der Waals surface area contributed by atoms with Gasteiger partial charge >= 0.3 is 0 Å². The van der Waals surface area contributed by atoms with Gasteiger partial charge in [-0.25, -0.2) is 17.5 Å². The molecule has 0 saturated heterocycles. The van der Waals surface area contributed by atoms with Crippen LogP contribution in [0.1, 0.15) is 5.56 Å². The van der Waals surface area contributed by atoms with Crippen LogP contribution in [0.3, 0.4) is 0 Å². The van der Waals surface area contributed by atoms with E-state index in [-0.39, 0.29) is 23.1 Å². The molecule has 1 aromatic heterocycles. The Morgan fingerprint density at radius 1 is 1.18 bits per heavy atom. The molecule has 0 bridgehead atoms. The monoisotopic (exact) mass is 342 g/mol. The smallest absolute Gasteiger partial charge is 0.250 e. The molecule has 1 amide bonds. The molecule has 2 N–H and O–H groups in total. The molecule has 0 radical (unpaired) electrons. The van der Waals surface area contributed by atoms with Gasteiger partial charge in [0.25, 0.3) is 10.0 Å². The summed E-state index contributed by atoms with van der Waals surface area (Å²) in [5, 5.41) is 4.19. The molecule has 0 aliphatic heterocycles. The molecule has 1 aromatic carbocycles. The normalized spacial score (nSPS) is 11.3. The van der Waals surface area contributed by atoms with Gasteiger partial charge in [-0.15, -0.1) is 11.3 Å². The van der Waals surface area contributed by atoms with E-state index in [4.69, 9.17) is 0 Å². The van der Waals surface area contributed by atoms with Gasteiger partial charge < -0.3 is 5.32 Å². The lowest BCUT2D eigenvalue weighted by Crippen LogP contribution is -2.37. The van der Waals surface area contributed by atoms with E-state index in [9.17, 15) is 17.6 Å². The topological polar surface area (TPSA) is 75.3 Å². The molecule has 8 heteroatoms. The van der Waals surface area contributed by atoms with E-state index in [0.29, 0.717) is 12.0 Å². The summed E-state index contributed by atoms with van der Waals surface area (Å²) in [6.07, 6.45) is 0.343. The van der Waals surface area contributed by atoms with Crippen molar-refractivity contribution in [1.82, 2.24) is 10.0 Å². The molecular weight excluding hydrogens is 327 g/mol. The largest absolute Gasteiger partial charge is 0.355 e. The zero-order chi connectivity index (χ0) is 16.0. The minimum atomic E-state index is -3.65. The van der Waals surface area contributed by atoms with Crippen LogP contribution in [0.4, 0.5) is 4.39 Å². The van der Waals surface area contributed by atoms with Crippen LogP contribution >= 0.6 is 11.3 Å². The van der Waals surface area contributed by atoms with Gasteiger partial charge in [0, 0.05) is 6.54 Å². The van der Waals surface area contributed by atoms with Crippen LogP contribution in [0, 0.1) is 5.82 Å². The zero-order valence-corrected chi connectivity index (χ0v) is 13.2. The van der Waals surface area contributed by atoms with Crippen molar-refractivity contribution in [3.63, 3.8) is 0 Å². The van der Waals surface area contributed by atoms with E-state index in [1.807, 2.05) is 0 Å². The molecule has 0 aliphatic rings. The molecule has 0 fully saturated rings. The fourth-order valence-corrected chi connectivity index (χ4v) is 3.77. The lowest BCUT2D eigenvalue weighted by atomic mass is 10.1. The van der Waals surface area contributed by atoms with Gasteiger partial charge in [-0.1, -0.05) is 24.3 Å². The highest BCUT2D eigenvalue weighted by atomic mass is 32.2. The van der Waals surface area contributed by atoms with E-state index in [1.54, 1.807) is 29.6 Å². The molecule has 5 nitrogen and oxygen atoms in total. The highest BCUT2D eigenvalue weighted by Gasteiger charge is 2.16. The maximum absolute atomic E-state index is 13.4. The zero-order valence-electron chi connectivity index (χ0n) is 11.6. The van der Waals surface area contributed by atoms with E-state index in [2.05, 4.69) is 10.0 Å². The summed E-state index contributed by atoms with van der Waals surface area (Å²) in [4.78, 5) is 11.6. The van der Waals surface area contributed by atoms with Gasteiger partial charge in [0.1, 0.15) is 10.0 Å². The molecule has 0 spiro atoms. The number of nitrogens with one attached hydrogen (secondary N) is 2. The number of carbonyl (C=O) groups excluding carboxylic acids is 1. The van der Waals surface area contributed by atoms with Gasteiger partial charge in [-0.2, -0.15) is 0 Å². The summed E-state index contributed by atoms with van der Waals surface area (Å²) in [6, 6.07) is 9.39. The minimum Gasteiger partial charge on any atom is -0.355 e. The van der Waals surface area contributed by atoms with Crippen LogP contribution in [-0.2, 0) is 21.2 Å². The van der Waals surface area contributed by atoms with Crippen molar-refractivity contribution < 1.29 is 17.6 Å². The van der Waals surface area contributed by atoms with Crippen LogP contribution in [0.2, 0.25) is 0 Å². The Bertz CT molecular complexity index is 730. The summed E-state index contributed by atoms with van der Waals surface area (Å²) in [7, 11) is -3.65. The Morgan fingerprint density at radius 2 is 1.95 bits per heavy atom. The highest BCUT2D eigenvalue weighted by Crippen LogP contribution is 2.14. The van der Waals surface area contributed by atoms with Crippen molar-refractivity contribution in [2.75, 3.05) is 13.1 Å². The third-order valence-corrected chi connectivity index (χ3v) is 5.66. The summed E-state index contributed by atoms with van der Waals surface area (Å²) in [5.41, 5.74) is 0.502. The second kappa shape index (κ2) is 7.48. The molecule has 1 heterocycles. The summed E-state index contributed by atoms with van der Waals surface area (Å²) in [6.45, 7) is -0.113. The van der Waals surface area contributed by atoms with E-state index in [0.717, 1.165) is 11.3 Å². The van der Waals surface area contributed by atoms with E-state index < -0.39 is 15.9 Å². The number of benzene rings is 1. The predicted octanol–water partition coefficient (Wildman–Crippen LogP) is 1.52. The lowest BCUT2D eigenvalue weighted by Gasteiger charge is -2.07. The van der Waals surface area contributed by atoms with Crippen molar-refractivity contribution >= 4 is 27.3 Å². The summed E-state index contributed by atoms with van der Waals surface area (Å²) >= 11 is 1.07. The molecule has 0 unspecified atom stereocenters. The molecule has 22 heavy (non-hydrogen) atoms. The SMILES string of the molecule is O=C(CNS(=O)(=O)c1cccs1)NCCc1ccccc1F. The van der Waals surface area contributed by atoms with Gasteiger partial charge in [0.05, 0.1) is 6.54 Å². The van der Waals surface area contributed by atoms with Crippen molar-refractivity contribution in [2.24, 2.45) is 0 Å². The minimum absolute atomic E-state index is 0.159. The number of halogens is 1. The number of amides is 1. The number of hydrogen-bond donors (Lipinski definition) is 2. The molecule has 0 aliphatic carbocycles. The fourth-order valence-electron chi connectivity index (χ4n) is 1.75. The molecule has 2 aromatic rings. The third kappa shape index (κ3) is 4.62. The van der Waals surface area contributed by atoms with Gasteiger partial charge in [0.15, 0.2) is 0 Å². The Kier molecular flexibility index (Phi) is 5.64. The number of sulfonamides is 1. The number of rotatable bonds is 7. The summed E-state index contributed by atoms with van der Waals surface area (Å²) < 4.78 is 39.4. The van der Waals surface area contributed by atoms with Crippen LogP contribution < -0.4 is 10.0 Å². The number of thiophene rings is 1. The van der Waals surface area contributed by atoms with Crippen molar-refractivity contribution in [2.45, 2.75) is 10.6 Å². The maximum atomic E-state index is 13.4. The average molecular weight is 342 g/mol. The highest BCUT2D eigenvalue weighted by molar-refractivity contribution is 7.91. The van der Waals surface area contributed by atoms with Crippen LogP contribution in [-0.4, -0.2) is 27.4 Å². The van der Waals surface area contributed by atoms with Gasteiger partial charge in [-0.05, 0) is 29.5 Å². The number of carbonyl (C=O) groups is 1. The Labute approximate surface area is 132 Å². The third-order valence-electron chi connectivity index (χ3n) is 2.86. The molecule has 118 valence electrons. The molecule has 0 saturated carbocycles. The Hall–Kier alpha value is -1.77. The van der Waals surface area contributed by atoms with E-state index in [1.165, 1.54) is 12.1 Å². The second-order valence-corrected chi connectivity index (χ2v) is 7.39. The van der Waals surface area contributed by atoms with E-state index >= 15 is 0 Å². The van der Waals surface area contributed by atoms with Crippen molar-refractivity contribution in [1.29, 1.82) is 0 Å². The average Bonchev–Trinajstić information content (AvgIpc) is 3.02. The lowest BCUT2D eigenvalue weighted by molar-refractivity contribution is -0.119. The van der Waals surface area contributed by atoms with Crippen molar-refractivity contribution in [3.8, 4) is 0 Å². The van der Waals surface area contributed by atoms with Crippen LogP contribution in [0.15, 0.2) is 46.0 Å². The van der Waals surface area contributed by atoms with Crippen molar-refractivity contribution in [3.05, 3.63) is 53.2 Å². The standard InChI is InChI=1S/C14H15FN2O3S2/c15-12-5-2-1-4-11(12)7-8-16-13(18)10-17-22(19,20)14-6-3-9-21-14/h1-6,9,17H,7-8,10H2,(H,16,18). The van der Waals surface area contributed by atoms with Crippen LogP contribution in [0.5, 0.6) is 0 Å². The van der Waals surface area contributed by atoms with Gasteiger partial charge in [0.2, 0.25) is 5.91 Å². The summed E-state index contributed by atoms with van der Waals surface area (Å²) in [5.74, 6) is -0.786. The van der Waals surface area contributed by atoms with Crippen LogP contribution in [0.25, 0.3) is 0 Å². The Balaban J connectivity index is 1.76. The molecular formula is C14H15FN2O3S2. The molecule has 0 atom stereocenters. The van der Waals surface area contributed by atoms with Gasteiger partial charge in [-0.3, -0.25) is 4.79 Å². The maximum Gasteiger partial charge on any atom is 0.250 e. The quantitative estimate of drug-likeness (QED) is 0.801. The first-order valence-electron chi connectivity index (χ1n) is 6.52. The first-order valence-corrected chi connectivity index (χ1v) is 8.88. The Morgan fingerprint density at radius 3 is 2.64 bits per heavy atom.